The Labute approximate surface area is 130 Å². The van der Waals surface area contributed by atoms with E-state index in [9.17, 15) is 15.0 Å². The summed E-state index contributed by atoms with van der Waals surface area (Å²) in [4.78, 5) is 11.4. The SMILES string of the molecule is CCc1cc(C(=O)O)cc2c(C(C)O)c(C)n(CCCN)c12. The van der Waals surface area contributed by atoms with Crippen LogP contribution < -0.4 is 5.73 Å². The maximum atomic E-state index is 11.4. The van der Waals surface area contributed by atoms with Gasteiger partial charge in [0.2, 0.25) is 0 Å². The fraction of sp³-hybridized carbons (Fsp3) is 0.471. The first kappa shape index (κ1) is 16.5. The highest BCUT2D eigenvalue weighted by Gasteiger charge is 2.21. The number of carboxylic acid groups (broad SMARTS) is 1. The van der Waals surface area contributed by atoms with Gasteiger partial charge in [-0.05, 0) is 50.9 Å². The largest absolute Gasteiger partial charge is 0.478 e. The van der Waals surface area contributed by atoms with Crippen LogP contribution in [0.5, 0.6) is 0 Å². The van der Waals surface area contributed by atoms with Crippen molar-refractivity contribution in [3.63, 3.8) is 0 Å². The van der Waals surface area contributed by atoms with Crippen LogP contribution in [0.1, 0.15) is 53.6 Å². The molecule has 0 amide bonds. The average molecular weight is 304 g/mol. The lowest BCUT2D eigenvalue weighted by Gasteiger charge is -2.11. The number of aliphatic hydroxyl groups excluding tert-OH is 1. The molecule has 120 valence electrons. The molecule has 0 aliphatic carbocycles. The van der Waals surface area contributed by atoms with E-state index in [1.54, 1.807) is 19.1 Å². The van der Waals surface area contributed by atoms with Crippen LogP contribution in [0.3, 0.4) is 0 Å². The van der Waals surface area contributed by atoms with Gasteiger partial charge in [-0.3, -0.25) is 0 Å². The summed E-state index contributed by atoms with van der Waals surface area (Å²) >= 11 is 0. The molecule has 0 fully saturated rings. The first-order valence-electron chi connectivity index (χ1n) is 7.69. The molecule has 0 spiro atoms. The van der Waals surface area contributed by atoms with Crippen LogP contribution in [-0.2, 0) is 13.0 Å². The fourth-order valence-corrected chi connectivity index (χ4v) is 3.18. The lowest BCUT2D eigenvalue weighted by molar-refractivity contribution is 0.0697. The molecule has 0 aliphatic rings. The smallest absolute Gasteiger partial charge is 0.335 e. The Balaban J connectivity index is 2.84. The molecule has 1 atom stereocenters. The molecule has 2 aromatic rings. The van der Waals surface area contributed by atoms with Crippen LogP contribution in [0.4, 0.5) is 0 Å². The second kappa shape index (κ2) is 6.50. The van der Waals surface area contributed by atoms with E-state index < -0.39 is 12.1 Å². The summed E-state index contributed by atoms with van der Waals surface area (Å²) in [6.45, 7) is 7.06. The second-order valence-corrected chi connectivity index (χ2v) is 5.66. The van der Waals surface area contributed by atoms with Gasteiger partial charge >= 0.3 is 5.97 Å². The highest BCUT2D eigenvalue weighted by atomic mass is 16.4. The molecule has 5 heteroatoms. The molecule has 1 unspecified atom stereocenters. The van der Waals surface area contributed by atoms with Gasteiger partial charge in [0.1, 0.15) is 0 Å². The van der Waals surface area contributed by atoms with E-state index in [1.165, 1.54) is 0 Å². The second-order valence-electron chi connectivity index (χ2n) is 5.66. The third-order valence-electron chi connectivity index (χ3n) is 4.18. The summed E-state index contributed by atoms with van der Waals surface area (Å²) in [5.41, 5.74) is 9.70. The van der Waals surface area contributed by atoms with Gasteiger partial charge in [-0.15, -0.1) is 0 Å². The normalized spacial score (nSPS) is 12.8. The zero-order valence-corrected chi connectivity index (χ0v) is 13.4. The third-order valence-corrected chi connectivity index (χ3v) is 4.18. The van der Waals surface area contributed by atoms with Crippen molar-refractivity contribution in [2.75, 3.05) is 6.54 Å². The van der Waals surface area contributed by atoms with Crippen molar-refractivity contribution in [2.45, 2.75) is 46.3 Å². The first-order valence-corrected chi connectivity index (χ1v) is 7.69. The van der Waals surface area contributed by atoms with Gasteiger partial charge in [0.15, 0.2) is 0 Å². The first-order chi connectivity index (χ1) is 10.4. The summed E-state index contributed by atoms with van der Waals surface area (Å²) in [5, 5.41) is 20.3. The topological polar surface area (TPSA) is 88.5 Å². The number of nitrogens with two attached hydrogens (primary N) is 1. The highest BCUT2D eigenvalue weighted by Crippen LogP contribution is 2.34. The van der Waals surface area contributed by atoms with Gasteiger partial charge in [-0.2, -0.15) is 0 Å². The van der Waals surface area contributed by atoms with Crippen molar-refractivity contribution in [1.82, 2.24) is 4.57 Å². The van der Waals surface area contributed by atoms with E-state index in [1.807, 2.05) is 13.8 Å². The summed E-state index contributed by atoms with van der Waals surface area (Å²) in [5.74, 6) is -0.944. The number of carbonyl (C=O) groups is 1. The van der Waals surface area contributed by atoms with Crippen LogP contribution in [-0.4, -0.2) is 27.3 Å². The van der Waals surface area contributed by atoms with Crippen LogP contribution in [0.15, 0.2) is 12.1 Å². The fourth-order valence-electron chi connectivity index (χ4n) is 3.18. The number of hydrogen-bond acceptors (Lipinski definition) is 3. The number of hydrogen-bond donors (Lipinski definition) is 3. The van der Waals surface area contributed by atoms with E-state index in [0.717, 1.165) is 47.1 Å². The van der Waals surface area contributed by atoms with Crippen molar-refractivity contribution in [1.29, 1.82) is 0 Å². The molecule has 0 aliphatic heterocycles. The molecular formula is C17H24N2O3. The number of rotatable bonds is 6. The van der Waals surface area contributed by atoms with Gasteiger partial charge in [0.25, 0.3) is 0 Å². The number of nitrogens with zero attached hydrogens (tertiary/aromatic N) is 1. The molecule has 1 aromatic heterocycles. The number of aliphatic hydroxyl groups is 1. The van der Waals surface area contributed by atoms with Gasteiger partial charge in [-0.25, -0.2) is 4.79 Å². The van der Waals surface area contributed by atoms with E-state index in [0.29, 0.717) is 6.54 Å². The van der Waals surface area contributed by atoms with Crippen LogP contribution in [0.2, 0.25) is 0 Å². The summed E-state index contributed by atoms with van der Waals surface area (Å²) in [6.07, 6.45) is 0.937. The zero-order valence-electron chi connectivity index (χ0n) is 13.4. The Morgan fingerprint density at radius 2 is 2.09 bits per heavy atom. The lowest BCUT2D eigenvalue weighted by Crippen LogP contribution is -2.08. The van der Waals surface area contributed by atoms with E-state index >= 15 is 0 Å². The Hall–Kier alpha value is -1.85. The monoisotopic (exact) mass is 304 g/mol. The Morgan fingerprint density at radius 3 is 2.59 bits per heavy atom. The Kier molecular flexibility index (Phi) is 4.88. The molecule has 1 aromatic carbocycles. The number of aromatic carboxylic acids is 1. The highest BCUT2D eigenvalue weighted by molar-refractivity contribution is 5.97. The van der Waals surface area contributed by atoms with Crippen molar-refractivity contribution >= 4 is 16.9 Å². The van der Waals surface area contributed by atoms with Crippen molar-refractivity contribution in [3.05, 3.63) is 34.5 Å². The molecule has 5 nitrogen and oxygen atoms in total. The molecule has 2 rings (SSSR count). The van der Waals surface area contributed by atoms with Crippen LogP contribution in [0.25, 0.3) is 10.9 Å². The van der Waals surface area contributed by atoms with E-state index in [4.69, 9.17) is 5.73 Å². The van der Waals surface area contributed by atoms with Crippen LogP contribution in [0, 0.1) is 6.92 Å². The summed E-state index contributed by atoms with van der Waals surface area (Å²) in [6, 6.07) is 3.40. The van der Waals surface area contributed by atoms with E-state index in [-0.39, 0.29) is 5.56 Å². The molecule has 4 N–H and O–H groups in total. The minimum absolute atomic E-state index is 0.266. The van der Waals surface area contributed by atoms with Gasteiger partial charge < -0.3 is 20.5 Å². The number of benzene rings is 1. The van der Waals surface area contributed by atoms with Gasteiger partial charge in [0.05, 0.1) is 17.2 Å². The maximum Gasteiger partial charge on any atom is 0.335 e. The summed E-state index contributed by atoms with van der Waals surface area (Å²) < 4.78 is 2.16. The summed E-state index contributed by atoms with van der Waals surface area (Å²) in [7, 11) is 0. The number of carboxylic acids is 1. The molecule has 0 saturated heterocycles. The Bertz CT molecular complexity index is 702. The van der Waals surface area contributed by atoms with Crippen molar-refractivity contribution in [3.8, 4) is 0 Å². The number of fused-ring (bicyclic) bond motifs is 1. The minimum atomic E-state index is -0.944. The molecular weight excluding hydrogens is 280 g/mol. The van der Waals surface area contributed by atoms with E-state index in [2.05, 4.69) is 4.57 Å². The molecule has 0 saturated carbocycles. The Morgan fingerprint density at radius 1 is 1.41 bits per heavy atom. The molecule has 22 heavy (non-hydrogen) atoms. The van der Waals surface area contributed by atoms with Crippen LogP contribution >= 0.6 is 0 Å². The quantitative estimate of drug-likeness (QED) is 0.765. The third kappa shape index (κ3) is 2.74. The predicted octanol–water partition coefficient (Wildman–Crippen LogP) is 2.61. The van der Waals surface area contributed by atoms with Gasteiger partial charge in [-0.1, -0.05) is 6.92 Å². The lowest BCUT2D eigenvalue weighted by atomic mass is 10.00. The van der Waals surface area contributed by atoms with Gasteiger partial charge in [0, 0.05) is 23.2 Å². The number of aryl methyl sites for hydroxylation is 2. The average Bonchev–Trinajstić information content (AvgIpc) is 2.75. The van der Waals surface area contributed by atoms with Crippen molar-refractivity contribution < 1.29 is 15.0 Å². The standard InChI is InChI=1S/C17H24N2O3/c1-4-12-8-13(17(21)22)9-14-15(11(3)20)10(2)19(16(12)14)7-5-6-18/h8-9,11,20H,4-7,18H2,1-3H3,(H,21,22). The predicted molar refractivity (Wildman–Crippen MR) is 87.3 cm³/mol. The number of aromatic nitrogens is 1. The minimum Gasteiger partial charge on any atom is -0.478 e. The zero-order chi connectivity index (χ0) is 16.4. The maximum absolute atomic E-state index is 11.4. The molecule has 0 radical (unpaired) electrons. The van der Waals surface area contributed by atoms with Crippen molar-refractivity contribution in [2.24, 2.45) is 5.73 Å². The molecule has 0 bridgehead atoms. The molecule has 1 heterocycles.